The zero-order valence-electron chi connectivity index (χ0n) is 15.2. The van der Waals surface area contributed by atoms with E-state index in [-0.39, 0.29) is 6.03 Å². The van der Waals surface area contributed by atoms with Gasteiger partial charge in [0.05, 0.1) is 25.1 Å². The maximum atomic E-state index is 12.1. The monoisotopic (exact) mass is 376 g/mol. The van der Waals surface area contributed by atoms with Gasteiger partial charge in [-0.3, -0.25) is 4.98 Å². The smallest absolute Gasteiger partial charge is 0.323 e. The van der Waals surface area contributed by atoms with Gasteiger partial charge >= 0.3 is 6.03 Å². The summed E-state index contributed by atoms with van der Waals surface area (Å²) in [7, 11) is 0. The lowest BCUT2D eigenvalue weighted by molar-refractivity contribution is 0.122. The van der Waals surface area contributed by atoms with Crippen LogP contribution in [0.5, 0.6) is 0 Å². The van der Waals surface area contributed by atoms with Crippen molar-refractivity contribution >= 4 is 23.2 Å². The molecule has 1 aliphatic heterocycles. The zero-order valence-corrected chi connectivity index (χ0v) is 15.2. The van der Waals surface area contributed by atoms with Crippen molar-refractivity contribution in [3.05, 3.63) is 61.1 Å². The highest BCUT2D eigenvalue weighted by atomic mass is 16.5. The summed E-state index contributed by atoms with van der Waals surface area (Å²) in [5, 5.41) is 5.52. The fourth-order valence-corrected chi connectivity index (χ4v) is 2.89. The maximum absolute atomic E-state index is 12.1. The molecule has 1 aromatic carbocycles. The molecule has 4 rings (SSSR count). The van der Waals surface area contributed by atoms with Gasteiger partial charge in [0, 0.05) is 36.7 Å². The molecule has 8 heteroatoms. The van der Waals surface area contributed by atoms with E-state index in [1.165, 1.54) is 0 Å². The fraction of sp³-hybridized carbons (Fsp3) is 0.200. The molecule has 1 saturated heterocycles. The summed E-state index contributed by atoms with van der Waals surface area (Å²) in [5.41, 5.74) is 2.19. The van der Waals surface area contributed by atoms with Crippen molar-refractivity contribution < 1.29 is 9.53 Å². The number of amides is 2. The van der Waals surface area contributed by atoms with Crippen molar-refractivity contribution in [1.29, 1.82) is 0 Å². The minimum absolute atomic E-state index is 0.327. The number of nitrogens with one attached hydrogen (secondary N) is 2. The molecule has 0 radical (unpaired) electrons. The quantitative estimate of drug-likeness (QED) is 0.727. The third-order valence-corrected chi connectivity index (χ3v) is 4.30. The van der Waals surface area contributed by atoms with E-state index in [4.69, 9.17) is 4.74 Å². The molecule has 3 aromatic rings. The van der Waals surface area contributed by atoms with Gasteiger partial charge in [0.15, 0.2) is 5.82 Å². The Hall–Kier alpha value is -3.52. The van der Waals surface area contributed by atoms with Crippen LogP contribution in [0.2, 0.25) is 0 Å². The molecule has 0 bridgehead atoms. The summed E-state index contributed by atoms with van der Waals surface area (Å²) < 4.78 is 5.39. The van der Waals surface area contributed by atoms with Crippen LogP contribution in [0.25, 0.3) is 11.4 Å². The van der Waals surface area contributed by atoms with E-state index in [2.05, 4.69) is 30.5 Å². The van der Waals surface area contributed by atoms with Gasteiger partial charge in [0.1, 0.15) is 5.82 Å². The van der Waals surface area contributed by atoms with Crippen LogP contribution in [-0.4, -0.2) is 47.3 Å². The number of urea groups is 1. The maximum Gasteiger partial charge on any atom is 0.323 e. The molecule has 2 aromatic heterocycles. The Kier molecular flexibility index (Phi) is 5.39. The number of rotatable bonds is 4. The Morgan fingerprint density at radius 1 is 0.964 bits per heavy atom. The molecule has 0 aliphatic carbocycles. The summed E-state index contributed by atoms with van der Waals surface area (Å²) >= 11 is 0. The van der Waals surface area contributed by atoms with Crippen molar-refractivity contribution in [3.8, 4) is 11.4 Å². The third-order valence-electron chi connectivity index (χ3n) is 4.30. The van der Waals surface area contributed by atoms with E-state index >= 15 is 0 Å². The van der Waals surface area contributed by atoms with Crippen LogP contribution in [-0.2, 0) is 4.74 Å². The SMILES string of the molecule is O=C(Nc1ccc(-c2nccc(N3CCOCC3)n2)cc1)Nc1cccnc1. The lowest BCUT2D eigenvalue weighted by Gasteiger charge is -2.27. The first kappa shape index (κ1) is 17.9. The Bertz CT molecular complexity index is 927. The molecule has 1 fully saturated rings. The predicted molar refractivity (Wildman–Crippen MR) is 107 cm³/mol. The van der Waals surface area contributed by atoms with Gasteiger partial charge in [-0.1, -0.05) is 0 Å². The van der Waals surface area contributed by atoms with Gasteiger partial charge in [0.25, 0.3) is 0 Å². The number of benzene rings is 1. The molecule has 8 nitrogen and oxygen atoms in total. The van der Waals surface area contributed by atoms with Gasteiger partial charge in [0.2, 0.25) is 0 Å². The third kappa shape index (κ3) is 4.41. The normalized spacial score (nSPS) is 13.8. The minimum atomic E-state index is -0.327. The van der Waals surface area contributed by atoms with Crippen LogP contribution in [0.15, 0.2) is 61.1 Å². The number of aromatic nitrogens is 3. The molecular formula is C20H20N6O2. The van der Waals surface area contributed by atoms with Crippen LogP contribution < -0.4 is 15.5 Å². The number of carbonyl (C=O) groups is 1. The second kappa shape index (κ2) is 8.45. The van der Waals surface area contributed by atoms with Crippen molar-refractivity contribution in [3.63, 3.8) is 0 Å². The van der Waals surface area contributed by atoms with Crippen molar-refractivity contribution in [2.75, 3.05) is 41.8 Å². The summed E-state index contributed by atoms with van der Waals surface area (Å²) in [5.74, 6) is 1.54. The largest absolute Gasteiger partial charge is 0.378 e. The van der Waals surface area contributed by atoms with Gasteiger partial charge in [-0.05, 0) is 42.5 Å². The Morgan fingerprint density at radius 3 is 2.50 bits per heavy atom. The number of morpholine rings is 1. The number of hydrogen-bond donors (Lipinski definition) is 2. The Labute approximate surface area is 162 Å². The van der Waals surface area contributed by atoms with Crippen LogP contribution in [0.4, 0.5) is 22.0 Å². The molecular weight excluding hydrogens is 356 g/mol. The molecule has 2 amide bonds. The number of nitrogens with zero attached hydrogens (tertiary/aromatic N) is 4. The van der Waals surface area contributed by atoms with Gasteiger partial charge in [-0.2, -0.15) is 0 Å². The molecule has 0 saturated carbocycles. The molecule has 142 valence electrons. The van der Waals surface area contributed by atoms with Crippen molar-refractivity contribution in [2.45, 2.75) is 0 Å². The van der Waals surface area contributed by atoms with Crippen LogP contribution in [0, 0.1) is 0 Å². The molecule has 28 heavy (non-hydrogen) atoms. The number of carbonyl (C=O) groups excluding carboxylic acids is 1. The van der Waals surface area contributed by atoms with Crippen molar-refractivity contribution in [2.24, 2.45) is 0 Å². The van der Waals surface area contributed by atoms with E-state index in [9.17, 15) is 4.79 Å². The number of hydrogen-bond acceptors (Lipinski definition) is 6. The molecule has 1 aliphatic rings. The Balaban J connectivity index is 1.42. The summed E-state index contributed by atoms with van der Waals surface area (Å²) in [6.07, 6.45) is 5.00. The van der Waals surface area contributed by atoms with E-state index in [1.54, 1.807) is 30.7 Å². The van der Waals surface area contributed by atoms with Gasteiger partial charge in [-0.25, -0.2) is 14.8 Å². The van der Waals surface area contributed by atoms with Gasteiger partial charge < -0.3 is 20.3 Å². The van der Waals surface area contributed by atoms with E-state index < -0.39 is 0 Å². The minimum Gasteiger partial charge on any atom is -0.378 e. The average Bonchev–Trinajstić information content (AvgIpc) is 2.76. The summed E-state index contributed by atoms with van der Waals surface area (Å²) in [6, 6.07) is 12.5. The molecule has 2 N–H and O–H groups in total. The number of anilines is 3. The highest BCUT2D eigenvalue weighted by Crippen LogP contribution is 2.21. The van der Waals surface area contributed by atoms with Crippen LogP contribution in [0.3, 0.4) is 0 Å². The molecule has 0 spiro atoms. The lowest BCUT2D eigenvalue weighted by atomic mass is 10.2. The van der Waals surface area contributed by atoms with Gasteiger partial charge in [-0.15, -0.1) is 0 Å². The first-order chi connectivity index (χ1) is 13.8. The van der Waals surface area contributed by atoms with E-state index in [0.29, 0.717) is 30.4 Å². The van der Waals surface area contributed by atoms with E-state index in [1.807, 2.05) is 30.3 Å². The highest BCUT2D eigenvalue weighted by molar-refractivity contribution is 5.99. The van der Waals surface area contributed by atoms with Crippen LogP contribution in [0.1, 0.15) is 0 Å². The first-order valence-corrected chi connectivity index (χ1v) is 9.02. The standard InChI is InChI=1S/C20H20N6O2/c27-20(24-17-2-1-8-21-14-17)23-16-5-3-15(4-6-16)19-22-9-7-18(25-19)26-10-12-28-13-11-26/h1-9,14H,10-13H2,(H2,23,24,27). The highest BCUT2D eigenvalue weighted by Gasteiger charge is 2.13. The predicted octanol–water partition coefficient (Wildman–Crippen LogP) is 3.02. The number of pyridine rings is 1. The Morgan fingerprint density at radius 2 is 1.75 bits per heavy atom. The fourth-order valence-electron chi connectivity index (χ4n) is 2.89. The lowest BCUT2D eigenvalue weighted by Crippen LogP contribution is -2.36. The van der Waals surface area contributed by atoms with Crippen LogP contribution >= 0.6 is 0 Å². The second-order valence-corrected chi connectivity index (χ2v) is 6.24. The summed E-state index contributed by atoms with van der Waals surface area (Å²) in [6.45, 7) is 3.07. The average molecular weight is 376 g/mol. The van der Waals surface area contributed by atoms with E-state index in [0.717, 1.165) is 24.5 Å². The number of ether oxygens (including phenoxy) is 1. The topological polar surface area (TPSA) is 92.3 Å². The molecule has 3 heterocycles. The molecule has 0 unspecified atom stereocenters. The van der Waals surface area contributed by atoms with Crippen molar-refractivity contribution in [1.82, 2.24) is 15.0 Å². The second-order valence-electron chi connectivity index (χ2n) is 6.24. The summed E-state index contributed by atoms with van der Waals surface area (Å²) in [4.78, 5) is 27.3. The first-order valence-electron chi connectivity index (χ1n) is 9.02. The molecule has 0 atom stereocenters. The zero-order chi connectivity index (χ0) is 19.2.